The third-order valence-corrected chi connectivity index (χ3v) is 2.86. The van der Waals surface area contributed by atoms with Crippen molar-refractivity contribution in [1.29, 1.82) is 0 Å². The number of carbonyl (C=O) groups is 2. The Kier molecular flexibility index (Phi) is 3.54. The van der Waals surface area contributed by atoms with Gasteiger partial charge in [-0.25, -0.2) is 9.59 Å². The molecule has 0 aliphatic carbocycles. The molecule has 0 unspecified atom stereocenters. The van der Waals surface area contributed by atoms with E-state index in [1.165, 1.54) is 18.2 Å². The van der Waals surface area contributed by atoms with Crippen LogP contribution < -0.4 is 0 Å². The summed E-state index contributed by atoms with van der Waals surface area (Å²) in [4.78, 5) is 22.2. The van der Waals surface area contributed by atoms with E-state index in [9.17, 15) is 14.7 Å². The van der Waals surface area contributed by atoms with E-state index in [-0.39, 0.29) is 11.1 Å². The topological polar surface area (TPSA) is 74.6 Å². The fraction of sp³-hybridized carbons (Fsp3) is 0. The number of rotatable bonds is 3. The van der Waals surface area contributed by atoms with Crippen LogP contribution in [0.25, 0.3) is 11.1 Å². The third kappa shape index (κ3) is 2.52. The van der Waals surface area contributed by atoms with Crippen LogP contribution >= 0.6 is 0 Å². The lowest BCUT2D eigenvalue weighted by atomic mass is 9.96. The highest BCUT2D eigenvalue weighted by atomic mass is 16.4. The SMILES string of the molecule is C#Cc1ccc(-c2cc(C(=O)O)ccc2C(=O)O)cc1. The first-order valence-electron chi connectivity index (χ1n) is 5.70. The highest BCUT2D eigenvalue weighted by molar-refractivity contribution is 5.99. The van der Waals surface area contributed by atoms with Gasteiger partial charge in [-0.15, -0.1) is 6.42 Å². The summed E-state index contributed by atoms with van der Waals surface area (Å²) in [6.07, 6.45) is 5.26. The lowest BCUT2D eigenvalue weighted by Gasteiger charge is -2.08. The molecule has 0 saturated carbocycles. The number of aromatic carboxylic acids is 2. The van der Waals surface area contributed by atoms with E-state index in [1.807, 2.05) is 0 Å². The molecule has 2 aromatic carbocycles. The van der Waals surface area contributed by atoms with Gasteiger partial charge in [0.2, 0.25) is 0 Å². The summed E-state index contributed by atoms with van der Waals surface area (Å²) >= 11 is 0. The number of carboxylic acid groups (broad SMARTS) is 2. The van der Waals surface area contributed by atoms with Gasteiger partial charge >= 0.3 is 11.9 Å². The van der Waals surface area contributed by atoms with Crippen LogP contribution in [0.2, 0.25) is 0 Å². The van der Waals surface area contributed by atoms with Crippen LogP contribution in [0.5, 0.6) is 0 Å². The van der Waals surface area contributed by atoms with Crippen molar-refractivity contribution in [3.63, 3.8) is 0 Å². The molecule has 2 N–H and O–H groups in total. The Hall–Kier alpha value is -3.06. The van der Waals surface area contributed by atoms with Crippen LogP contribution in [-0.2, 0) is 0 Å². The van der Waals surface area contributed by atoms with Gasteiger partial charge in [0, 0.05) is 5.56 Å². The number of hydrogen-bond acceptors (Lipinski definition) is 2. The molecule has 0 saturated heterocycles. The van der Waals surface area contributed by atoms with Gasteiger partial charge in [0.1, 0.15) is 0 Å². The number of carboxylic acids is 2. The van der Waals surface area contributed by atoms with E-state index in [4.69, 9.17) is 11.5 Å². The zero-order chi connectivity index (χ0) is 14.7. The maximum Gasteiger partial charge on any atom is 0.336 e. The van der Waals surface area contributed by atoms with Crippen molar-refractivity contribution in [2.45, 2.75) is 0 Å². The Morgan fingerprint density at radius 1 is 0.950 bits per heavy atom. The lowest BCUT2D eigenvalue weighted by molar-refractivity contribution is 0.0682. The minimum Gasteiger partial charge on any atom is -0.478 e. The molecule has 0 aliphatic rings. The van der Waals surface area contributed by atoms with E-state index < -0.39 is 11.9 Å². The van der Waals surface area contributed by atoms with Crippen molar-refractivity contribution in [2.75, 3.05) is 0 Å². The van der Waals surface area contributed by atoms with E-state index in [1.54, 1.807) is 24.3 Å². The number of terminal acetylenes is 1. The zero-order valence-corrected chi connectivity index (χ0v) is 10.3. The molecule has 2 aromatic rings. The standard InChI is InChI=1S/C16H10O4/c1-2-10-3-5-11(6-4-10)14-9-12(15(17)18)7-8-13(14)16(19)20/h1,3-9H,(H,17,18)(H,19,20). The van der Waals surface area contributed by atoms with Gasteiger partial charge in [0.05, 0.1) is 11.1 Å². The number of benzene rings is 2. The van der Waals surface area contributed by atoms with Crippen molar-refractivity contribution >= 4 is 11.9 Å². The minimum absolute atomic E-state index is 0.0334. The Labute approximate surface area is 115 Å². The summed E-state index contributed by atoms with van der Waals surface area (Å²) in [6.45, 7) is 0. The second-order valence-corrected chi connectivity index (χ2v) is 4.09. The van der Waals surface area contributed by atoms with E-state index >= 15 is 0 Å². The summed E-state index contributed by atoms with van der Waals surface area (Å²) < 4.78 is 0. The molecular weight excluding hydrogens is 256 g/mol. The largest absolute Gasteiger partial charge is 0.478 e. The average molecular weight is 266 g/mol. The summed E-state index contributed by atoms with van der Waals surface area (Å²) in [5, 5.41) is 18.2. The van der Waals surface area contributed by atoms with Gasteiger partial charge in [-0.05, 0) is 41.5 Å². The zero-order valence-electron chi connectivity index (χ0n) is 10.3. The second kappa shape index (κ2) is 5.29. The highest BCUT2D eigenvalue weighted by Crippen LogP contribution is 2.25. The maximum atomic E-state index is 11.2. The number of hydrogen-bond donors (Lipinski definition) is 2. The summed E-state index contributed by atoms with van der Waals surface area (Å²) in [5.41, 5.74) is 1.69. The average Bonchev–Trinajstić information content (AvgIpc) is 2.46. The molecule has 4 heteroatoms. The molecule has 0 atom stereocenters. The Morgan fingerprint density at radius 2 is 1.60 bits per heavy atom. The van der Waals surface area contributed by atoms with E-state index in [0.29, 0.717) is 16.7 Å². The molecule has 2 rings (SSSR count). The van der Waals surface area contributed by atoms with Crippen LogP contribution in [0.1, 0.15) is 26.3 Å². The molecule has 20 heavy (non-hydrogen) atoms. The molecular formula is C16H10O4. The lowest BCUT2D eigenvalue weighted by Crippen LogP contribution is -2.03. The summed E-state index contributed by atoms with van der Waals surface area (Å²) in [5.74, 6) is 0.241. The van der Waals surface area contributed by atoms with Crippen LogP contribution in [0.4, 0.5) is 0 Å². The van der Waals surface area contributed by atoms with E-state index in [2.05, 4.69) is 5.92 Å². The van der Waals surface area contributed by atoms with Crippen molar-refractivity contribution in [1.82, 2.24) is 0 Å². The predicted molar refractivity (Wildman–Crippen MR) is 73.7 cm³/mol. The molecule has 0 bridgehead atoms. The van der Waals surface area contributed by atoms with Crippen LogP contribution in [0.3, 0.4) is 0 Å². The second-order valence-electron chi connectivity index (χ2n) is 4.09. The van der Waals surface area contributed by atoms with Gasteiger partial charge in [-0.1, -0.05) is 18.1 Å². The first-order chi connectivity index (χ1) is 9.52. The van der Waals surface area contributed by atoms with Gasteiger partial charge in [-0.2, -0.15) is 0 Å². The Morgan fingerprint density at radius 3 is 2.10 bits per heavy atom. The van der Waals surface area contributed by atoms with Crippen LogP contribution in [-0.4, -0.2) is 22.2 Å². The fourth-order valence-corrected chi connectivity index (χ4v) is 1.85. The molecule has 98 valence electrons. The first-order valence-corrected chi connectivity index (χ1v) is 5.70. The van der Waals surface area contributed by atoms with Gasteiger partial charge in [0.25, 0.3) is 0 Å². The summed E-state index contributed by atoms with van der Waals surface area (Å²) in [6, 6.07) is 10.6. The predicted octanol–water partition coefficient (Wildman–Crippen LogP) is 2.73. The Balaban J connectivity index is 2.62. The monoisotopic (exact) mass is 266 g/mol. The molecule has 0 amide bonds. The quantitative estimate of drug-likeness (QED) is 0.838. The fourth-order valence-electron chi connectivity index (χ4n) is 1.85. The van der Waals surface area contributed by atoms with Crippen molar-refractivity contribution in [3.8, 4) is 23.5 Å². The normalized spacial score (nSPS) is 9.75. The van der Waals surface area contributed by atoms with Crippen molar-refractivity contribution in [3.05, 3.63) is 59.2 Å². The minimum atomic E-state index is -1.11. The van der Waals surface area contributed by atoms with Gasteiger partial charge in [0.15, 0.2) is 0 Å². The van der Waals surface area contributed by atoms with Crippen LogP contribution in [0.15, 0.2) is 42.5 Å². The molecule has 0 aliphatic heterocycles. The summed E-state index contributed by atoms with van der Waals surface area (Å²) in [7, 11) is 0. The van der Waals surface area contributed by atoms with Crippen molar-refractivity contribution < 1.29 is 19.8 Å². The molecule has 0 radical (unpaired) electrons. The molecule has 0 spiro atoms. The smallest absolute Gasteiger partial charge is 0.336 e. The van der Waals surface area contributed by atoms with Crippen LogP contribution in [0, 0.1) is 12.3 Å². The molecule has 0 heterocycles. The maximum absolute atomic E-state index is 11.2. The van der Waals surface area contributed by atoms with Gasteiger partial charge in [-0.3, -0.25) is 0 Å². The third-order valence-electron chi connectivity index (χ3n) is 2.86. The molecule has 0 fully saturated rings. The highest BCUT2D eigenvalue weighted by Gasteiger charge is 2.14. The molecule has 0 aromatic heterocycles. The van der Waals surface area contributed by atoms with Gasteiger partial charge < -0.3 is 10.2 Å². The Bertz CT molecular complexity index is 721. The molecule has 4 nitrogen and oxygen atoms in total. The first kappa shape index (κ1) is 13.4. The van der Waals surface area contributed by atoms with E-state index in [0.717, 1.165) is 0 Å². The van der Waals surface area contributed by atoms with Crippen molar-refractivity contribution in [2.24, 2.45) is 0 Å².